The van der Waals surface area contributed by atoms with Crippen molar-refractivity contribution in [1.82, 2.24) is 0 Å². The number of carbonyl (C=O) groups is 1. The van der Waals surface area contributed by atoms with E-state index in [0.717, 1.165) is 0 Å². The first kappa shape index (κ1) is 12.7. The average molecular weight is 283 g/mol. The largest absolute Gasteiger partial charge is 0.495 e. The molecule has 0 saturated carbocycles. The van der Waals surface area contributed by atoms with Gasteiger partial charge in [0.2, 0.25) is 0 Å². The van der Waals surface area contributed by atoms with E-state index in [1.54, 1.807) is 29.6 Å². The summed E-state index contributed by atoms with van der Waals surface area (Å²) < 4.78 is 5.03. The second-order valence-corrected chi connectivity index (χ2v) is 4.83. The molecule has 94 valence electrons. The zero-order valence-corrected chi connectivity index (χ0v) is 11.1. The highest BCUT2D eigenvalue weighted by Gasteiger charge is 2.12. The highest BCUT2D eigenvalue weighted by Crippen LogP contribution is 2.28. The molecule has 0 saturated heterocycles. The number of hydrogen-bond acceptors (Lipinski definition) is 4. The van der Waals surface area contributed by atoms with Crippen LogP contribution in [0.2, 0.25) is 5.02 Å². The van der Waals surface area contributed by atoms with Crippen LogP contribution in [-0.2, 0) is 0 Å². The minimum atomic E-state index is -0.247. The lowest BCUT2D eigenvalue weighted by molar-refractivity contribution is 0.103. The molecule has 0 fully saturated rings. The summed E-state index contributed by atoms with van der Waals surface area (Å²) in [5.41, 5.74) is 6.74. The van der Waals surface area contributed by atoms with Gasteiger partial charge < -0.3 is 15.8 Å². The molecule has 0 atom stereocenters. The molecule has 18 heavy (non-hydrogen) atoms. The van der Waals surface area contributed by atoms with E-state index in [4.69, 9.17) is 22.1 Å². The summed E-state index contributed by atoms with van der Waals surface area (Å²) in [5, 5.41) is 4.94. The second kappa shape index (κ2) is 5.29. The Labute approximate surface area is 113 Å². The number of hydrogen-bond donors (Lipinski definition) is 2. The number of rotatable bonds is 3. The van der Waals surface area contributed by atoms with Gasteiger partial charge in [-0.3, -0.25) is 4.79 Å². The van der Waals surface area contributed by atoms with Gasteiger partial charge in [-0.25, -0.2) is 0 Å². The van der Waals surface area contributed by atoms with Crippen LogP contribution >= 0.6 is 22.9 Å². The van der Waals surface area contributed by atoms with Crippen LogP contribution in [0.3, 0.4) is 0 Å². The van der Waals surface area contributed by atoms with E-state index in [1.165, 1.54) is 18.4 Å². The molecular formula is C12H11ClN2O2S. The Morgan fingerprint density at radius 2 is 2.22 bits per heavy atom. The summed E-state index contributed by atoms with van der Waals surface area (Å²) in [6, 6.07) is 6.73. The summed E-state index contributed by atoms with van der Waals surface area (Å²) in [7, 11) is 1.53. The van der Waals surface area contributed by atoms with Crippen LogP contribution in [-0.4, -0.2) is 13.0 Å². The van der Waals surface area contributed by atoms with E-state index in [2.05, 4.69) is 5.32 Å². The van der Waals surface area contributed by atoms with Gasteiger partial charge in [0.25, 0.3) is 5.91 Å². The fourth-order valence-electron chi connectivity index (χ4n) is 1.44. The number of nitrogens with two attached hydrogens (primary N) is 1. The summed E-state index contributed by atoms with van der Waals surface area (Å²) in [5.74, 6) is 0.314. The summed E-state index contributed by atoms with van der Waals surface area (Å²) in [4.78, 5) is 12.4. The first-order valence-electron chi connectivity index (χ1n) is 5.09. The normalized spacial score (nSPS) is 10.1. The predicted octanol–water partition coefficient (Wildman–Crippen LogP) is 3.24. The van der Waals surface area contributed by atoms with Crippen LogP contribution in [0.4, 0.5) is 11.4 Å². The fourth-order valence-corrected chi connectivity index (χ4v) is 2.41. The van der Waals surface area contributed by atoms with Crippen LogP contribution in [0.5, 0.6) is 5.75 Å². The highest BCUT2D eigenvalue weighted by atomic mass is 35.5. The highest BCUT2D eigenvalue weighted by molar-refractivity contribution is 7.12. The topological polar surface area (TPSA) is 64.3 Å². The number of nitrogen functional groups attached to an aromatic ring is 1. The Morgan fingerprint density at radius 3 is 2.78 bits per heavy atom. The molecule has 0 spiro atoms. The second-order valence-electron chi connectivity index (χ2n) is 3.51. The van der Waals surface area contributed by atoms with Crippen LogP contribution < -0.4 is 15.8 Å². The van der Waals surface area contributed by atoms with Crippen molar-refractivity contribution in [2.75, 3.05) is 18.2 Å². The summed E-state index contributed by atoms with van der Waals surface area (Å²) in [6.07, 6.45) is 0. The Morgan fingerprint density at radius 1 is 1.44 bits per heavy atom. The van der Waals surface area contributed by atoms with Crippen LogP contribution in [0.25, 0.3) is 0 Å². The van der Waals surface area contributed by atoms with Crippen molar-refractivity contribution in [3.8, 4) is 5.75 Å². The molecule has 0 radical (unpaired) electrons. The third-order valence-electron chi connectivity index (χ3n) is 2.31. The molecule has 2 rings (SSSR count). The van der Waals surface area contributed by atoms with Gasteiger partial charge in [-0.1, -0.05) is 11.6 Å². The SMILES string of the molecule is COc1ccc(NC(=O)c2sccc2N)cc1Cl. The van der Waals surface area contributed by atoms with Gasteiger partial charge in [0.15, 0.2) is 0 Å². The third-order valence-corrected chi connectivity index (χ3v) is 3.54. The Balaban J connectivity index is 2.17. The fraction of sp³-hybridized carbons (Fsp3) is 0.0833. The van der Waals surface area contributed by atoms with Crippen molar-refractivity contribution < 1.29 is 9.53 Å². The molecule has 0 unspecified atom stereocenters. The van der Waals surface area contributed by atoms with Crippen LogP contribution in [0, 0.1) is 0 Å². The monoisotopic (exact) mass is 282 g/mol. The van der Waals surface area contributed by atoms with E-state index < -0.39 is 0 Å². The van der Waals surface area contributed by atoms with Gasteiger partial charge in [0, 0.05) is 5.69 Å². The average Bonchev–Trinajstić information content (AvgIpc) is 2.76. The molecule has 6 heteroatoms. The quantitative estimate of drug-likeness (QED) is 0.908. The molecule has 0 bridgehead atoms. The number of anilines is 2. The molecule has 3 N–H and O–H groups in total. The minimum absolute atomic E-state index is 0.247. The molecule has 1 aromatic carbocycles. The standard InChI is InChI=1S/C12H11ClN2O2S/c1-17-10-3-2-7(6-8(10)13)15-12(16)11-9(14)4-5-18-11/h2-6H,14H2,1H3,(H,15,16). The molecule has 0 aliphatic rings. The third kappa shape index (κ3) is 2.57. The molecule has 0 aliphatic heterocycles. The molecule has 2 aromatic rings. The van der Waals surface area contributed by atoms with Crippen molar-refractivity contribution in [2.24, 2.45) is 0 Å². The van der Waals surface area contributed by atoms with Gasteiger partial charge in [-0.2, -0.15) is 0 Å². The van der Waals surface area contributed by atoms with Gasteiger partial charge in [0.05, 0.1) is 17.8 Å². The van der Waals surface area contributed by atoms with Crippen molar-refractivity contribution in [3.63, 3.8) is 0 Å². The van der Waals surface area contributed by atoms with Crippen molar-refractivity contribution in [3.05, 3.63) is 39.5 Å². The van der Waals surface area contributed by atoms with Crippen molar-refractivity contribution >= 4 is 40.2 Å². The molecule has 1 heterocycles. The number of ether oxygens (including phenoxy) is 1. The molecular weight excluding hydrogens is 272 g/mol. The Kier molecular flexibility index (Phi) is 3.74. The lowest BCUT2D eigenvalue weighted by atomic mass is 10.3. The first-order valence-corrected chi connectivity index (χ1v) is 6.35. The van der Waals surface area contributed by atoms with E-state index in [0.29, 0.717) is 27.0 Å². The van der Waals surface area contributed by atoms with Gasteiger partial charge in [-0.05, 0) is 29.6 Å². The minimum Gasteiger partial charge on any atom is -0.495 e. The van der Waals surface area contributed by atoms with Gasteiger partial charge >= 0.3 is 0 Å². The number of nitrogens with one attached hydrogen (secondary N) is 1. The van der Waals surface area contributed by atoms with Crippen molar-refractivity contribution in [1.29, 1.82) is 0 Å². The first-order chi connectivity index (χ1) is 8.61. The molecule has 0 aliphatic carbocycles. The number of carbonyl (C=O) groups excluding carboxylic acids is 1. The lowest BCUT2D eigenvalue weighted by Gasteiger charge is -2.07. The van der Waals surface area contributed by atoms with Crippen LogP contribution in [0.1, 0.15) is 9.67 Å². The zero-order chi connectivity index (χ0) is 13.1. The van der Waals surface area contributed by atoms with E-state index >= 15 is 0 Å². The predicted molar refractivity (Wildman–Crippen MR) is 74.7 cm³/mol. The maximum atomic E-state index is 11.9. The number of benzene rings is 1. The number of amides is 1. The number of thiophene rings is 1. The summed E-state index contributed by atoms with van der Waals surface area (Å²) in [6.45, 7) is 0. The van der Waals surface area contributed by atoms with Gasteiger partial charge in [0.1, 0.15) is 10.6 Å². The van der Waals surface area contributed by atoms with Crippen molar-refractivity contribution in [2.45, 2.75) is 0 Å². The van der Waals surface area contributed by atoms with Gasteiger partial charge in [-0.15, -0.1) is 11.3 Å². The zero-order valence-electron chi connectivity index (χ0n) is 9.57. The molecule has 1 aromatic heterocycles. The van der Waals surface area contributed by atoms with E-state index in [9.17, 15) is 4.79 Å². The van der Waals surface area contributed by atoms with E-state index in [1.807, 2.05) is 0 Å². The number of methoxy groups -OCH3 is 1. The maximum Gasteiger partial charge on any atom is 0.267 e. The smallest absolute Gasteiger partial charge is 0.267 e. The Hall–Kier alpha value is -1.72. The summed E-state index contributed by atoms with van der Waals surface area (Å²) >= 11 is 7.26. The maximum absolute atomic E-state index is 11.9. The number of halogens is 1. The van der Waals surface area contributed by atoms with Crippen LogP contribution in [0.15, 0.2) is 29.6 Å². The molecule has 4 nitrogen and oxygen atoms in total. The Bertz CT molecular complexity index is 583. The molecule has 1 amide bonds. The van der Waals surface area contributed by atoms with E-state index in [-0.39, 0.29) is 5.91 Å². The lowest BCUT2D eigenvalue weighted by Crippen LogP contribution is -2.11.